The molecule has 1 fully saturated rings. The topological polar surface area (TPSA) is 58.6 Å². The molecule has 2 aromatic carbocycles. The third-order valence-electron chi connectivity index (χ3n) is 7.06. The quantitative estimate of drug-likeness (QED) is 0.763. The molecule has 1 atom stereocenters. The van der Waals surface area contributed by atoms with Crippen LogP contribution in [0.1, 0.15) is 61.8 Å². The van der Waals surface area contributed by atoms with E-state index in [1.54, 1.807) is 14.0 Å². The SMILES string of the molecule is COc1ccccc1C1(CNC(=O)CC2c3ccccc3CCN2C(C)=O)CCCC1. The maximum Gasteiger partial charge on any atom is 0.222 e. The van der Waals surface area contributed by atoms with Gasteiger partial charge in [0.15, 0.2) is 0 Å². The van der Waals surface area contributed by atoms with E-state index in [9.17, 15) is 9.59 Å². The number of hydrogen-bond acceptors (Lipinski definition) is 3. The van der Waals surface area contributed by atoms with Crippen molar-refractivity contribution in [2.24, 2.45) is 0 Å². The molecule has 0 spiro atoms. The highest BCUT2D eigenvalue weighted by atomic mass is 16.5. The summed E-state index contributed by atoms with van der Waals surface area (Å²) >= 11 is 0. The molecule has 164 valence electrons. The van der Waals surface area contributed by atoms with Gasteiger partial charge in [-0.25, -0.2) is 0 Å². The lowest BCUT2D eigenvalue weighted by Gasteiger charge is -2.37. The van der Waals surface area contributed by atoms with Crippen molar-refractivity contribution in [1.29, 1.82) is 0 Å². The standard InChI is InChI=1S/C26H32N2O3/c1-19(29)28-16-13-20-9-3-4-10-21(20)23(28)17-25(30)27-18-26(14-7-8-15-26)22-11-5-6-12-24(22)31-2/h3-6,9-12,23H,7-8,13-18H2,1-2H3,(H,27,30). The second kappa shape index (κ2) is 9.13. The minimum Gasteiger partial charge on any atom is -0.496 e. The largest absolute Gasteiger partial charge is 0.496 e. The van der Waals surface area contributed by atoms with Crippen LogP contribution in [-0.4, -0.2) is 36.9 Å². The van der Waals surface area contributed by atoms with Crippen molar-refractivity contribution in [3.8, 4) is 5.75 Å². The number of amides is 2. The lowest BCUT2D eigenvalue weighted by molar-refractivity contribution is -0.133. The van der Waals surface area contributed by atoms with E-state index in [-0.39, 0.29) is 23.3 Å². The van der Waals surface area contributed by atoms with Crippen LogP contribution in [0.2, 0.25) is 0 Å². The monoisotopic (exact) mass is 420 g/mol. The zero-order valence-electron chi connectivity index (χ0n) is 18.5. The molecule has 31 heavy (non-hydrogen) atoms. The Morgan fingerprint density at radius 3 is 2.55 bits per heavy atom. The predicted molar refractivity (Wildman–Crippen MR) is 121 cm³/mol. The van der Waals surface area contributed by atoms with E-state index >= 15 is 0 Å². The first-order valence-electron chi connectivity index (χ1n) is 11.3. The molecule has 1 saturated carbocycles. The predicted octanol–water partition coefficient (Wildman–Crippen LogP) is 4.16. The Morgan fingerprint density at radius 1 is 1.10 bits per heavy atom. The molecule has 2 aromatic rings. The number of ether oxygens (including phenoxy) is 1. The zero-order valence-corrected chi connectivity index (χ0v) is 18.5. The molecule has 0 aromatic heterocycles. The molecule has 0 radical (unpaired) electrons. The number of nitrogens with zero attached hydrogens (tertiary/aromatic N) is 1. The average Bonchev–Trinajstić information content (AvgIpc) is 3.28. The number of carbonyl (C=O) groups is 2. The van der Waals surface area contributed by atoms with Crippen molar-refractivity contribution in [3.63, 3.8) is 0 Å². The van der Waals surface area contributed by atoms with Gasteiger partial charge in [0, 0.05) is 31.0 Å². The van der Waals surface area contributed by atoms with Gasteiger partial charge in [-0.1, -0.05) is 55.3 Å². The van der Waals surface area contributed by atoms with Crippen LogP contribution in [0.25, 0.3) is 0 Å². The summed E-state index contributed by atoms with van der Waals surface area (Å²) in [6, 6.07) is 16.1. The van der Waals surface area contributed by atoms with E-state index in [4.69, 9.17) is 4.74 Å². The van der Waals surface area contributed by atoms with Gasteiger partial charge in [-0.2, -0.15) is 0 Å². The summed E-state index contributed by atoms with van der Waals surface area (Å²) in [5.41, 5.74) is 3.43. The molecule has 1 heterocycles. The van der Waals surface area contributed by atoms with Crippen LogP contribution in [0.15, 0.2) is 48.5 Å². The fourth-order valence-corrected chi connectivity index (χ4v) is 5.44. The highest BCUT2D eigenvalue weighted by molar-refractivity contribution is 5.79. The molecule has 1 aliphatic heterocycles. The molecule has 0 bridgehead atoms. The number of para-hydroxylation sites is 1. The van der Waals surface area contributed by atoms with E-state index in [1.165, 1.54) is 11.1 Å². The molecule has 2 aliphatic rings. The molecule has 1 aliphatic carbocycles. The summed E-state index contributed by atoms with van der Waals surface area (Å²) in [7, 11) is 1.71. The zero-order chi connectivity index (χ0) is 21.8. The van der Waals surface area contributed by atoms with Gasteiger partial charge in [-0.3, -0.25) is 9.59 Å². The highest BCUT2D eigenvalue weighted by Crippen LogP contribution is 2.44. The van der Waals surface area contributed by atoms with Crippen LogP contribution in [0, 0.1) is 0 Å². The molecule has 1 N–H and O–H groups in total. The summed E-state index contributed by atoms with van der Waals surface area (Å²) in [5.74, 6) is 0.908. The Bertz CT molecular complexity index is 949. The van der Waals surface area contributed by atoms with Crippen molar-refractivity contribution < 1.29 is 14.3 Å². The van der Waals surface area contributed by atoms with Crippen molar-refractivity contribution in [1.82, 2.24) is 10.2 Å². The van der Waals surface area contributed by atoms with Crippen LogP contribution in [0.3, 0.4) is 0 Å². The van der Waals surface area contributed by atoms with Crippen molar-refractivity contribution >= 4 is 11.8 Å². The number of carbonyl (C=O) groups excluding carboxylic acids is 2. The Morgan fingerprint density at radius 2 is 1.81 bits per heavy atom. The molecule has 0 saturated heterocycles. The smallest absolute Gasteiger partial charge is 0.222 e. The maximum absolute atomic E-state index is 13.1. The first kappa shape index (κ1) is 21.4. The third kappa shape index (κ3) is 4.32. The normalized spacial score (nSPS) is 19.5. The molecule has 2 amide bonds. The maximum atomic E-state index is 13.1. The minimum atomic E-state index is -0.201. The van der Waals surface area contributed by atoms with E-state index < -0.39 is 0 Å². The number of benzene rings is 2. The summed E-state index contributed by atoms with van der Waals surface area (Å²) in [6.07, 6.45) is 5.52. The number of nitrogens with one attached hydrogen (secondary N) is 1. The van der Waals surface area contributed by atoms with Crippen LogP contribution in [0.5, 0.6) is 5.75 Å². The molecule has 1 unspecified atom stereocenters. The van der Waals surface area contributed by atoms with Gasteiger partial charge in [0.1, 0.15) is 5.75 Å². The van der Waals surface area contributed by atoms with E-state index in [1.807, 2.05) is 35.2 Å². The van der Waals surface area contributed by atoms with Gasteiger partial charge in [0.2, 0.25) is 11.8 Å². The first-order valence-corrected chi connectivity index (χ1v) is 11.3. The molecule has 5 heteroatoms. The second-order valence-electron chi connectivity index (χ2n) is 8.85. The highest BCUT2D eigenvalue weighted by Gasteiger charge is 2.38. The van der Waals surface area contributed by atoms with Gasteiger partial charge in [0.25, 0.3) is 0 Å². The van der Waals surface area contributed by atoms with Gasteiger partial charge in [-0.05, 0) is 36.5 Å². The number of hydrogen-bond donors (Lipinski definition) is 1. The summed E-state index contributed by atoms with van der Waals surface area (Å²) in [4.78, 5) is 27.2. The van der Waals surface area contributed by atoms with Gasteiger partial charge in [0.05, 0.1) is 19.6 Å². The van der Waals surface area contributed by atoms with Crippen LogP contribution < -0.4 is 10.1 Å². The van der Waals surface area contributed by atoms with E-state index in [0.29, 0.717) is 19.5 Å². The lowest BCUT2D eigenvalue weighted by atomic mass is 9.78. The molecular formula is C26H32N2O3. The molecular weight excluding hydrogens is 388 g/mol. The minimum absolute atomic E-state index is 0.00544. The first-order chi connectivity index (χ1) is 15.0. The van der Waals surface area contributed by atoms with Gasteiger partial charge in [-0.15, -0.1) is 0 Å². The molecule has 5 nitrogen and oxygen atoms in total. The van der Waals surface area contributed by atoms with Gasteiger partial charge >= 0.3 is 0 Å². The fraction of sp³-hybridized carbons (Fsp3) is 0.462. The second-order valence-corrected chi connectivity index (χ2v) is 8.85. The summed E-state index contributed by atoms with van der Waals surface area (Å²) in [5, 5.41) is 3.22. The summed E-state index contributed by atoms with van der Waals surface area (Å²) < 4.78 is 5.63. The van der Waals surface area contributed by atoms with E-state index in [0.717, 1.165) is 43.4 Å². The van der Waals surface area contributed by atoms with Crippen molar-refractivity contribution in [2.45, 2.75) is 56.9 Å². The van der Waals surface area contributed by atoms with Crippen molar-refractivity contribution in [2.75, 3.05) is 20.2 Å². The number of methoxy groups -OCH3 is 1. The Balaban J connectivity index is 1.51. The number of rotatable bonds is 6. The van der Waals surface area contributed by atoms with E-state index in [2.05, 4.69) is 23.5 Å². The Hall–Kier alpha value is -2.82. The van der Waals surface area contributed by atoms with Crippen LogP contribution in [-0.2, 0) is 21.4 Å². The van der Waals surface area contributed by atoms with Crippen LogP contribution in [0.4, 0.5) is 0 Å². The Labute approximate surface area is 184 Å². The van der Waals surface area contributed by atoms with Crippen LogP contribution >= 0.6 is 0 Å². The average molecular weight is 421 g/mol. The number of fused-ring (bicyclic) bond motifs is 1. The lowest BCUT2D eigenvalue weighted by Crippen LogP contribution is -2.43. The summed E-state index contributed by atoms with van der Waals surface area (Å²) in [6.45, 7) is 2.85. The van der Waals surface area contributed by atoms with Gasteiger partial charge < -0.3 is 15.0 Å². The molecule has 4 rings (SSSR count). The van der Waals surface area contributed by atoms with Crippen molar-refractivity contribution in [3.05, 3.63) is 65.2 Å². The Kier molecular flexibility index (Phi) is 6.30. The third-order valence-corrected chi connectivity index (χ3v) is 7.06. The fourth-order valence-electron chi connectivity index (χ4n) is 5.44.